The van der Waals surface area contributed by atoms with Gasteiger partial charge in [0.25, 0.3) is 0 Å². The molecule has 7 nitrogen and oxygen atoms in total. The van der Waals surface area contributed by atoms with Crippen LogP contribution in [0.15, 0.2) is 30.6 Å². The lowest BCUT2D eigenvalue weighted by molar-refractivity contribution is -0.129. The van der Waals surface area contributed by atoms with E-state index < -0.39 is 5.82 Å². The molecule has 1 saturated heterocycles. The van der Waals surface area contributed by atoms with Crippen LogP contribution in [-0.2, 0) is 11.2 Å². The lowest BCUT2D eigenvalue weighted by atomic mass is 9.90. The van der Waals surface area contributed by atoms with Gasteiger partial charge in [0, 0.05) is 39.4 Å². The fraction of sp³-hybridized carbons (Fsp3) is 0.577. The molecular weight excluding hydrogens is 471 g/mol. The molecule has 2 fully saturated rings. The second-order valence-corrected chi connectivity index (χ2v) is 10.1. The summed E-state index contributed by atoms with van der Waals surface area (Å²) in [4.78, 5) is 24.6. The zero-order chi connectivity index (χ0) is 24.8. The molecule has 35 heavy (non-hydrogen) atoms. The minimum Gasteiger partial charge on any atom is -0.493 e. The number of hydrogen-bond donors (Lipinski definition) is 1. The molecule has 0 radical (unpaired) electrons. The van der Waals surface area contributed by atoms with Gasteiger partial charge in [0.05, 0.1) is 30.4 Å². The second-order valence-electron chi connectivity index (χ2n) is 9.64. The van der Waals surface area contributed by atoms with Gasteiger partial charge in [0.1, 0.15) is 11.6 Å². The summed E-state index contributed by atoms with van der Waals surface area (Å²) in [6, 6.07) is 4.73. The lowest BCUT2D eigenvalue weighted by Crippen LogP contribution is -2.35. The van der Waals surface area contributed by atoms with Crippen molar-refractivity contribution >= 4 is 23.5 Å². The number of aliphatic hydroxyl groups is 1. The van der Waals surface area contributed by atoms with E-state index in [0.29, 0.717) is 41.8 Å². The Balaban J connectivity index is 1.16. The summed E-state index contributed by atoms with van der Waals surface area (Å²) in [6.45, 7) is 2.99. The van der Waals surface area contributed by atoms with Gasteiger partial charge in [-0.15, -0.1) is 0 Å². The Morgan fingerprint density at radius 2 is 2.03 bits per heavy atom. The predicted molar refractivity (Wildman–Crippen MR) is 133 cm³/mol. The largest absolute Gasteiger partial charge is 0.493 e. The van der Waals surface area contributed by atoms with Gasteiger partial charge < -0.3 is 19.6 Å². The number of carbonyl (C=O) groups is 1. The fourth-order valence-electron chi connectivity index (χ4n) is 5.00. The molecule has 2 aromatic rings. The van der Waals surface area contributed by atoms with Crippen LogP contribution in [0, 0.1) is 23.6 Å². The Kier molecular flexibility index (Phi) is 8.78. The van der Waals surface area contributed by atoms with Crippen LogP contribution in [0.1, 0.15) is 37.7 Å². The summed E-state index contributed by atoms with van der Waals surface area (Å²) in [5.41, 5.74) is 0.357. The quantitative estimate of drug-likeness (QED) is 0.499. The van der Waals surface area contributed by atoms with Crippen molar-refractivity contribution in [2.24, 2.45) is 17.8 Å². The molecule has 0 bridgehead atoms. The van der Waals surface area contributed by atoms with Crippen molar-refractivity contribution in [1.29, 1.82) is 0 Å². The standard InChI is InChI=1S/C26H34ClFN4O3/c1-31(8-2-11-33)25(34)14-20-3-4-22(15-24(20)28)35-12-7-19-13-23(19)18-5-9-32(10-6-18)26-29-16-21(27)17-30-26/h3-4,15-19,23,33H,2,5-14H2,1H3/t19-,23-/m1/s1. The van der Waals surface area contributed by atoms with E-state index >= 15 is 0 Å². The number of anilines is 1. The second kappa shape index (κ2) is 12.0. The van der Waals surface area contributed by atoms with Crippen LogP contribution in [0.3, 0.4) is 0 Å². The van der Waals surface area contributed by atoms with E-state index in [9.17, 15) is 9.18 Å². The molecule has 4 rings (SSSR count). The molecule has 1 amide bonds. The van der Waals surface area contributed by atoms with E-state index in [1.165, 1.54) is 17.4 Å². The van der Waals surface area contributed by atoms with Gasteiger partial charge in [-0.05, 0) is 61.5 Å². The normalized spacial score (nSPS) is 20.1. The highest BCUT2D eigenvalue weighted by atomic mass is 35.5. The van der Waals surface area contributed by atoms with Gasteiger partial charge in [0.2, 0.25) is 11.9 Å². The summed E-state index contributed by atoms with van der Waals surface area (Å²) in [6.07, 6.45) is 8.31. The number of hydrogen-bond acceptors (Lipinski definition) is 6. The van der Waals surface area contributed by atoms with E-state index in [2.05, 4.69) is 14.9 Å². The lowest BCUT2D eigenvalue weighted by Gasteiger charge is -2.32. The third kappa shape index (κ3) is 7.04. The summed E-state index contributed by atoms with van der Waals surface area (Å²) in [7, 11) is 1.66. The fourth-order valence-corrected chi connectivity index (χ4v) is 5.09. The van der Waals surface area contributed by atoms with E-state index in [0.717, 1.165) is 50.1 Å². The highest BCUT2D eigenvalue weighted by molar-refractivity contribution is 6.30. The van der Waals surface area contributed by atoms with Crippen molar-refractivity contribution in [1.82, 2.24) is 14.9 Å². The van der Waals surface area contributed by atoms with E-state index in [1.54, 1.807) is 31.6 Å². The Bertz CT molecular complexity index is 985. The molecule has 0 spiro atoms. The van der Waals surface area contributed by atoms with Crippen molar-refractivity contribution in [3.8, 4) is 5.75 Å². The van der Waals surface area contributed by atoms with Crippen molar-refractivity contribution in [2.45, 2.75) is 38.5 Å². The first-order chi connectivity index (χ1) is 16.9. The topological polar surface area (TPSA) is 78.8 Å². The number of aliphatic hydroxyl groups excluding tert-OH is 1. The van der Waals surface area contributed by atoms with Crippen LogP contribution in [0.2, 0.25) is 5.02 Å². The number of likely N-dealkylation sites (N-methyl/N-ethyl adjacent to an activating group) is 1. The summed E-state index contributed by atoms with van der Waals surface area (Å²) in [5.74, 6) is 2.82. The number of rotatable bonds is 11. The number of halogens is 2. The minimum atomic E-state index is -0.424. The average Bonchev–Trinajstić information content (AvgIpc) is 3.64. The number of piperidine rings is 1. The Morgan fingerprint density at radius 1 is 1.29 bits per heavy atom. The van der Waals surface area contributed by atoms with Crippen LogP contribution >= 0.6 is 11.6 Å². The molecule has 1 aliphatic carbocycles. The highest BCUT2D eigenvalue weighted by Crippen LogP contribution is 2.49. The van der Waals surface area contributed by atoms with Gasteiger partial charge in [0.15, 0.2) is 0 Å². The molecule has 1 aliphatic heterocycles. The van der Waals surface area contributed by atoms with Crippen molar-refractivity contribution in [2.75, 3.05) is 44.8 Å². The first-order valence-corrected chi connectivity index (χ1v) is 12.8. The maximum absolute atomic E-state index is 14.5. The molecule has 2 heterocycles. The van der Waals surface area contributed by atoms with Gasteiger partial charge in [-0.1, -0.05) is 17.7 Å². The van der Waals surface area contributed by atoms with Gasteiger partial charge in [-0.3, -0.25) is 4.79 Å². The predicted octanol–water partition coefficient (Wildman–Crippen LogP) is 3.97. The van der Waals surface area contributed by atoms with Crippen LogP contribution in [0.4, 0.5) is 10.3 Å². The average molecular weight is 505 g/mol. The molecule has 1 aromatic heterocycles. The van der Waals surface area contributed by atoms with Crippen molar-refractivity contribution in [3.05, 3.63) is 47.0 Å². The summed E-state index contributed by atoms with van der Waals surface area (Å²) in [5, 5.41) is 9.44. The van der Waals surface area contributed by atoms with Crippen molar-refractivity contribution < 1.29 is 19.0 Å². The van der Waals surface area contributed by atoms with Crippen LogP contribution in [0.5, 0.6) is 5.75 Å². The number of benzene rings is 1. The summed E-state index contributed by atoms with van der Waals surface area (Å²) >= 11 is 5.88. The maximum Gasteiger partial charge on any atom is 0.226 e. The van der Waals surface area contributed by atoms with Gasteiger partial charge >= 0.3 is 0 Å². The Morgan fingerprint density at radius 3 is 2.71 bits per heavy atom. The number of ether oxygens (including phenoxy) is 1. The van der Waals surface area contributed by atoms with Crippen molar-refractivity contribution in [3.63, 3.8) is 0 Å². The molecule has 1 N–H and O–H groups in total. The van der Waals surface area contributed by atoms with Crippen LogP contribution in [0.25, 0.3) is 0 Å². The third-order valence-electron chi connectivity index (χ3n) is 7.21. The first-order valence-electron chi connectivity index (χ1n) is 12.4. The highest BCUT2D eigenvalue weighted by Gasteiger charge is 2.43. The SMILES string of the molecule is CN(CCCO)C(=O)Cc1ccc(OCC[C@@H]2C[C@@H]2C2CCN(c3ncc(Cl)cn3)CC2)cc1F. The minimum absolute atomic E-state index is 0.000751. The van der Waals surface area contributed by atoms with Crippen LogP contribution in [-0.4, -0.2) is 65.8 Å². The molecule has 9 heteroatoms. The monoisotopic (exact) mass is 504 g/mol. The zero-order valence-corrected chi connectivity index (χ0v) is 21.0. The number of carbonyl (C=O) groups excluding carboxylic acids is 1. The molecular formula is C26H34ClFN4O3. The van der Waals surface area contributed by atoms with E-state index in [4.69, 9.17) is 21.4 Å². The number of nitrogens with zero attached hydrogens (tertiary/aromatic N) is 4. The van der Waals surface area contributed by atoms with E-state index in [-0.39, 0.29) is 18.9 Å². The van der Waals surface area contributed by atoms with Gasteiger partial charge in [-0.25, -0.2) is 14.4 Å². The van der Waals surface area contributed by atoms with E-state index in [1.807, 2.05) is 0 Å². The first kappa shape index (κ1) is 25.6. The molecule has 2 aliphatic rings. The summed E-state index contributed by atoms with van der Waals surface area (Å²) < 4.78 is 20.3. The van der Waals surface area contributed by atoms with Crippen LogP contribution < -0.4 is 9.64 Å². The zero-order valence-electron chi connectivity index (χ0n) is 20.2. The number of aromatic nitrogens is 2. The molecule has 190 valence electrons. The smallest absolute Gasteiger partial charge is 0.226 e. The van der Waals surface area contributed by atoms with Gasteiger partial charge in [-0.2, -0.15) is 0 Å². The maximum atomic E-state index is 14.5. The third-order valence-corrected chi connectivity index (χ3v) is 7.41. The molecule has 2 atom stereocenters. The molecule has 0 unspecified atom stereocenters. The molecule has 1 aromatic carbocycles. The Hall–Kier alpha value is -2.45. The molecule has 1 saturated carbocycles. The Labute approximate surface area is 211 Å². The number of amides is 1.